The average molecular weight is 175 g/mol. The maximum atomic E-state index is 5.83. The van der Waals surface area contributed by atoms with Crippen molar-refractivity contribution in [1.82, 2.24) is 0 Å². The number of nitrogens with two attached hydrogens (primary N) is 1. The molecular formula is C9H21NO2. The van der Waals surface area contributed by atoms with Crippen molar-refractivity contribution in [2.24, 2.45) is 5.73 Å². The van der Waals surface area contributed by atoms with Crippen LogP contribution in [0.25, 0.3) is 0 Å². The lowest BCUT2D eigenvalue weighted by Gasteiger charge is -2.20. The summed E-state index contributed by atoms with van der Waals surface area (Å²) in [5.41, 5.74) is 5.83. The van der Waals surface area contributed by atoms with Crippen LogP contribution in [-0.4, -0.2) is 32.5 Å². The first-order valence-corrected chi connectivity index (χ1v) is 4.62. The summed E-state index contributed by atoms with van der Waals surface area (Å²) in [7, 11) is 1.69. The van der Waals surface area contributed by atoms with E-state index in [1.165, 1.54) is 0 Å². The number of hydrogen-bond acceptors (Lipinski definition) is 3. The molecule has 2 unspecified atom stereocenters. The summed E-state index contributed by atoms with van der Waals surface area (Å²) in [6.07, 6.45) is 2.10. The molecule has 0 aliphatic carbocycles. The number of hydrogen-bond donors (Lipinski definition) is 1. The van der Waals surface area contributed by atoms with Crippen molar-refractivity contribution >= 4 is 0 Å². The summed E-state index contributed by atoms with van der Waals surface area (Å²) in [4.78, 5) is 0. The van der Waals surface area contributed by atoms with Gasteiger partial charge in [-0.15, -0.1) is 0 Å². The largest absolute Gasteiger partial charge is 0.380 e. The van der Waals surface area contributed by atoms with E-state index in [1.54, 1.807) is 7.11 Å². The Balaban J connectivity index is 3.47. The molecule has 0 fully saturated rings. The van der Waals surface area contributed by atoms with Crippen LogP contribution in [0.4, 0.5) is 0 Å². The number of ether oxygens (including phenoxy) is 2. The van der Waals surface area contributed by atoms with Gasteiger partial charge >= 0.3 is 0 Å². The van der Waals surface area contributed by atoms with Crippen molar-refractivity contribution in [3.05, 3.63) is 0 Å². The van der Waals surface area contributed by atoms with Crippen LogP contribution >= 0.6 is 0 Å². The zero-order valence-corrected chi connectivity index (χ0v) is 8.38. The minimum absolute atomic E-state index is 0.00606. The first-order chi connectivity index (χ1) is 5.76. The van der Waals surface area contributed by atoms with E-state index in [0.717, 1.165) is 19.4 Å². The monoisotopic (exact) mass is 175 g/mol. The smallest absolute Gasteiger partial charge is 0.0742 e. The van der Waals surface area contributed by atoms with Gasteiger partial charge in [-0.25, -0.2) is 0 Å². The molecule has 0 radical (unpaired) electrons. The highest BCUT2D eigenvalue weighted by atomic mass is 16.5. The van der Waals surface area contributed by atoms with Crippen molar-refractivity contribution in [3.63, 3.8) is 0 Å². The Labute approximate surface area is 75.2 Å². The van der Waals surface area contributed by atoms with Gasteiger partial charge in [0.05, 0.1) is 18.8 Å². The Morgan fingerprint density at radius 3 is 2.42 bits per heavy atom. The topological polar surface area (TPSA) is 44.5 Å². The standard InChI is InChI=1S/C9H21NO2/c1-4-6-12-7-8(10)9(5-2)11-3/h8-9H,4-7,10H2,1-3H3. The molecule has 3 heteroatoms. The zero-order chi connectivity index (χ0) is 9.40. The summed E-state index contributed by atoms with van der Waals surface area (Å²) in [5, 5.41) is 0. The molecule has 0 rings (SSSR count). The van der Waals surface area contributed by atoms with E-state index in [4.69, 9.17) is 15.2 Å². The Bertz CT molecular complexity index is 94.5. The molecule has 0 aliphatic heterocycles. The molecule has 0 saturated heterocycles. The van der Waals surface area contributed by atoms with Gasteiger partial charge < -0.3 is 15.2 Å². The third-order valence-electron chi connectivity index (χ3n) is 1.84. The summed E-state index contributed by atoms with van der Waals surface area (Å²) in [6.45, 7) is 5.53. The Morgan fingerprint density at radius 2 is 2.00 bits per heavy atom. The second kappa shape index (κ2) is 7.53. The third kappa shape index (κ3) is 4.70. The lowest BCUT2D eigenvalue weighted by Crippen LogP contribution is -2.39. The molecule has 74 valence electrons. The van der Waals surface area contributed by atoms with Crippen LogP contribution in [0.3, 0.4) is 0 Å². The normalized spacial score (nSPS) is 16.0. The fourth-order valence-electron chi connectivity index (χ4n) is 1.12. The van der Waals surface area contributed by atoms with Crippen molar-refractivity contribution in [3.8, 4) is 0 Å². The molecule has 0 aromatic heterocycles. The molecule has 0 aromatic carbocycles. The Kier molecular flexibility index (Phi) is 7.45. The van der Waals surface area contributed by atoms with Crippen molar-refractivity contribution in [2.75, 3.05) is 20.3 Å². The highest BCUT2D eigenvalue weighted by Crippen LogP contribution is 2.01. The molecule has 2 atom stereocenters. The minimum Gasteiger partial charge on any atom is -0.380 e. The predicted octanol–water partition coefficient (Wildman–Crippen LogP) is 1.17. The minimum atomic E-state index is 0.00606. The maximum absolute atomic E-state index is 5.83. The molecule has 3 nitrogen and oxygen atoms in total. The first-order valence-electron chi connectivity index (χ1n) is 4.62. The summed E-state index contributed by atoms with van der Waals surface area (Å²) >= 11 is 0. The van der Waals surface area contributed by atoms with Crippen LogP contribution in [0.2, 0.25) is 0 Å². The Hall–Kier alpha value is -0.120. The van der Waals surface area contributed by atoms with E-state index in [9.17, 15) is 0 Å². The SMILES string of the molecule is CCCOCC(N)C(CC)OC. The van der Waals surface area contributed by atoms with Crippen LogP contribution in [0, 0.1) is 0 Å². The predicted molar refractivity (Wildman–Crippen MR) is 50.2 cm³/mol. The van der Waals surface area contributed by atoms with Gasteiger partial charge in [-0.3, -0.25) is 0 Å². The maximum Gasteiger partial charge on any atom is 0.0742 e. The van der Waals surface area contributed by atoms with E-state index in [2.05, 4.69) is 13.8 Å². The molecular weight excluding hydrogens is 154 g/mol. The lowest BCUT2D eigenvalue weighted by molar-refractivity contribution is 0.0324. The molecule has 0 aromatic rings. The summed E-state index contributed by atoms with van der Waals surface area (Å²) < 4.78 is 10.5. The van der Waals surface area contributed by atoms with Crippen molar-refractivity contribution in [1.29, 1.82) is 0 Å². The molecule has 0 aliphatic rings. The molecule has 0 heterocycles. The molecule has 0 saturated carbocycles. The quantitative estimate of drug-likeness (QED) is 0.591. The summed E-state index contributed by atoms with van der Waals surface area (Å²) in [5.74, 6) is 0. The first kappa shape index (κ1) is 11.9. The fourth-order valence-corrected chi connectivity index (χ4v) is 1.12. The highest BCUT2D eigenvalue weighted by molar-refractivity contribution is 4.70. The van der Waals surface area contributed by atoms with E-state index in [1.807, 2.05) is 0 Å². The van der Waals surface area contributed by atoms with Crippen LogP contribution < -0.4 is 5.73 Å². The second-order valence-corrected chi connectivity index (χ2v) is 2.92. The van der Waals surface area contributed by atoms with Gasteiger partial charge in [0.15, 0.2) is 0 Å². The molecule has 0 amide bonds. The van der Waals surface area contributed by atoms with Gasteiger partial charge in [0.1, 0.15) is 0 Å². The third-order valence-corrected chi connectivity index (χ3v) is 1.84. The molecule has 0 spiro atoms. The van der Waals surface area contributed by atoms with E-state index < -0.39 is 0 Å². The van der Waals surface area contributed by atoms with Gasteiger partial charge in [0.25, 0.3) is 0 Å². The van der Waals surface area contributed by atoms with Crippen LogP contribution in [-0.2, 0) is 9.47 Å². The van der Waals surface area contributed by atoms with E-state index in [-0.39, 0.29) is 12.1 Å². The van der Waals surface area contributed by atoms with E-state index >= 15 is 0 Å². The Morgan fingerprint density at radius 1 is 1.33 bits per heavy atom. The van der Waals surface area contributed by atoms with Crippen molar-refractivity contribution < 1.29 is 9.47 Å². The van der Waals surface area contributed by atoms with Crippen molar-refractivity contribution in [2.45, 2.75) is 38.8 Å². The van der Waals surface area contributed by atoms with Gasteiger partial charge in [-0.05, 0) is 12.8 Å². The molecule has 2 N–H and O–H groups in total. The van der Waals surface area contributed by atoms with Crippen LogP contribution in [0.5, 0.6) is 0 Å². The molecule has 12 heavy (non-hydrogen) atoms. The van der Waals surface area contributed by atoms with Crippen LogP contribution in [0.15, 0.2) is 0 Å². The average Bonchev–Trinajstić information content (AvgIpc) is 2.07. The lowest BCUT2D eigenvalue weighted by atomic mass is 10.1. The highest BCUT2D eigenvalue weighted by Gasteiger charge is 2.14. The fraction of sp³-hybridized carbons (Fsp3) is 1.00. The van der Waals surface area contributed by atoms with Gasteiger partial charge in [0.2, 0.25) is 0 Å². The van der Waals surface area contributed by atoms with Crippen LogP contribution in [0.1, 0.15) is 26.7 Å². The number of rotatable bonds is 7. The van der Waals surface area contributed by atoms with Gasteiger partial charge in [-0.1, -0.05) is 13.8 Å². The second-order valence-electron chi connectivity index (χ2n) is 2.92. The van der Waals surface area contributed by atoms with Gasteiger partial charge in [0, 0.05) is 13.7 Å². The van der Waals surface area contributed by atoms with E-state index in [0.29, 0.717) is 6.61 Å². The van der Waals surface area contributed by atoms with Gasteiger partial charge in [-0.2, -0.15) is 0 Å². The zero-order valence-electron chi connectivity index (χ0n) is 8.38. The summed E-state index contributed by atoms with van der Waals surface area (Å²) in [6, 6.07) is 0.00606. The molecule has 0 bridgehead atoms. The number of methoxy groups -OCH3 is 1.